The van der Waals surface area contributed by atoms with E-state index in [0.29, 0.717) is 11.6 Å². The Morgan fingerprint density at radius 1 is 1.45 bits per heavy atom. The third-order valence-corrected chi connectivity index (χ3v) is 2.05. The molecule has 11 heavy (non-hydrogen) atoms. The second-order valence-corrected chi connectivity index (χ2v) is 4.22. The van der Waals surface area contributed by atoms with Crippen LogP contribution in [0.2, 0.25) is 0 Å². The fourth-order valence-electron chi connectivity index (χ4n) is 0.885. The Bertz CT molecular complexity index is 161. The van der Waals surface area contributed by atoms with Gasteiger partial charge in [0, 0.05) is 11.6 Å². The van der Waals surface area contributed by atoms with Gasteiger partial charge in [-0.1, -0.05) is 0 Å². The van der Waals surface area contributed by atoms with Crippen molar-refractivity contribution in [3.8, 4) is 0 Å². The van der Waals surface area contributed by atoms with Crippen LogP contribution in [0.25, 0.3) is 0 Å². The highest BCUT2D eigenvalue weighted by molar-refractivity contribution is 7.80. The van der Waals surface area contributed by atoms with Crippen molar-refractivity contribution in [3.63, 3.8) is 0 Å². The predicted molar refractivity (Wildman–Crippen MR) is 51.6 cm³/mol. The quantitative estimate of drug-likeness (QED) is 0.616. The Kier molecular flexibility index (Phi) is 2.37. The van der Waals surface area contributed by atoms with Crippen molar-refractivity contribution in [2.45, 2.75) is 45.2 Å². The number of thiocarbonyl (C=S) groups is 1. The van der Waals surface area contributed by atoms with Crippen LogP contribution in [0.3, 0.4) is 0 Å². The first kappa shape index (κ1) is 8.78. The van der Waals surface area contributed by atoms with Gasteiger partial charge in [0.2, 0.25) is 0 Å². The molecule has 0 bridgehead atoms. The van der Waals surface area contributed by atoms with E-state index in [2.05, 4.69) is 31.4 Å². The number of hydrogen-bond acceptors (Lipinski definition) is 1. The Hall–Kier alpha value is -0.310. The van der Waals surface area contributed by atoms with Crippen LogP contribution in [0.1, 0.15) is 33.6 Å². The van der Waals surface area contributed by atoms with Gasteiger partial charge in [0.05, 0.1) is 0 Å². The van der Waals surface area contributed by atoms with Crippen molar-refractivity contribution in [2.75, 3.05) is 0 Å². The van der Waals surface area contributed by atoms with Crippen molar-refractivity contribution < 1.29 is 0 Å². The summed E-state index contributed by atoms with van der Waals surface area (Å²) in [6, 6.07) is 0.428. The Labute approximate surface area is 73.7 Å². The molecular weight excluding hydrogens is 156 g/mol. The maximum absolute atomic E-state index is 5.10. The van der Waals surface area contributed by atoms with Crippen molar-refractivity contribution >= 4 is 17.3 Å². The topological polar surface area (TPSA) is 24.1 Å². The lowest BCUT2D eigenvalue weighted by molar-refractivity contribution is 0.633. The lowest BCUT2D eigenvalue weighted by atomic mass is 10.3. The first-order valence-electron chi connectivity index (χ1n) is 4.10. The minimum absolute atomic E-state index is 0.305. The predicted octanol–water partition coefficient (Wildman–Crippen LogP) is 1.41. The van der Waals surface area contributed by atoms with Crippen molar-refractivity contribution in [2.24, 2.45) is 0 Å². The van der Waals surface area contributed by atoms with E-state index in [1.54, 1.807) is 0 Å². The highest BCUT2D eigenvalue weighted by Gasteiger charge is 2.37. The van der Waals surface area contributed by atoms with Crippen LogP contribution in [0.5, 0.6) is 0 Å². The summed E-state index contributed by atoms with van der Waals surface area (Å²) >= 11 is 5.10. The van der Waals surface area contributed by atoms with Crippen LogP contribution in [0, 0.1) is 0 Å². The summed E-state index contributed by atoms with van der Waals surface area (Å²) in [7, 11) is 0. The molecule has 1 saturated carbocycles. The average molecular weight is 172 g/mol. The summed E-state index contributed by atoms with van der Waals surface area (Å²) in [6.07, 6.45) is 2.49. The molecular formula is C8H16N2S. The van der Waals surface area contributed by atoms with Crippen LogP contribution in [0.15, 0.2) is 0 Å². The summed E-state index contributed by atoms with van der Waals surface area (Å²) < 4.78 is 0. The standard InChI is InChI=1S/C8H16N2S/c1-6(2)9-7(11)10-8(3)4-5-8/h6H,4-5H2,1-3H3,(H2,9,10,11). The van der Waals surface area contributed by atoms with Crippen molar-refractivity contribution in [1.29, 1.82) is 0 Å². The summed E-state index contributed by atoms with van der Waals surface area (Å²) in [5.41, 5.74) is 0.305. The van der Waals surface area contributed by atoms with E-state index in [9.17, 15) is 0 Å². The van der Waals surface area contributed by atoms with Gasteiger partial charge in [0.25, 0.3) is 0 Å². The summed E-state index contributed by atoms with van der Waals surface area (Å²) in [6.45, 7) is 6.37. The molecule has 0 aromatic rings. The molecule has 0 saturated heterocycles. The van der Waals surface area contributed by atoms with Gasteiger partial charge in [-0.25, -0.2) is 0 Å². The number of rotatable bonds is 2. The molecule has 0 amide bonds. The number of hydrogen-bond donors (Lipinski definition) is 2. The third kappa shape index (κ3) is 3.06. The van der Waals surface area contributed by atoms with E-state index in [-0.39, 0.29) is 0 Å². The monoisotopic (exact) mass is 172 g/mol. The molecule has 3 heteroatoms. The second-order valence-electron chi connectivity index (χ2n) is 3.81. The lowest BCUT2D eigenvalue weighted by Crippen LogP contribution is -2.44. The fourth-order valence-corrected chi connectivity index (χ4v) is 1.37. The third-order valence-electron chi connectivity index (χ3n) is 1.84. The molecule has 0 spiro atoms. The zero-order chi connectivity index (χ0) is 8.48. The van der Waals surface area contributed by atoms with Crippen molar-refractivity contribution in [1.82, 2.24) is 10.6 Å². The molecule has 0 aliphatic heterocycles. The molecule has 0 aromatic heterocycles. The van der Waals surface area contributed by atoms with Gasteiger partial charge >= 0.3 is 0 Å². The fraction of sp³-hybridized carbons (Fsp3) is 0.875. The molecule has 0 atom stereocenters. The van der Waals surface area contributed by atoms with E-state index in [1.807, 2.05) is 0 Å². The minimum atomic E-state index is 0.305. The Morgan fingerprint density at radius 3 is 2.36 bits per heavy atom. The van der Waals surface area contributed by atoms with Crippen LogP contribution in [-0.4, -0.2) is 16.7 Å². The van der Waals surface area contributed by atoms with E-state index in [1.165, 1.54) is 12.8 Å². The van der Waals surface area contributed by atoms with Crippen LogP contribution >= 0.6 is 12.2 Å². The zero-order valence-corrected chi connectivity index (χ0v) is 8.22. The van der Waals surface area contributed by atoms with Gasteiger partial charge in [-0.15, -0.1) is 0 Å². The number of nitrogens with one attached hydrogen (secondary N) is 2. The van der Waals surface area contributed by atoms with Crippen molar-refractivity contribution in [3.05, 3.63) is 0 Å². The summed E-state index contributed by atoms with van der Waals surface area (Å²) in [5.74, 6) is 0. The maximum atomic E-state index is 5.10. The summed E-state index contributed by atoms with van der Waals surface area (Å²) in [4.78, 5) is 0. The molecule has 1 aliphatic rings. The molecule has 0 unspecified atom stereocenters. The van der Waals surface area contributed by atoms with Crippen LogP contribution < -0.4 is 10.6 Å². The normalized spacial score (nSPS) is 19.6. The Morgan fingerprint density at radius 2 is 2.00 bits per heavy atom. The van der Waals surface area contributed by atoms with Crippen LogP contribution in [0.4, 0.5) is 0 Å². The minimum Gasteiger partial charge on any atom is -0.361 e. The highest BCUT2D eigenvalue weighted by atomic mass is 32.1. The molecule has 0 aromatic carbocycles. The largest absolute Gasteiger partial charge is 0.361 e. The van der Waals surface area contributed by atoms with E-state index < -0.39 is 0 Å². The first-order valence-corrected chi connectivity index (χ1v) is 4.51. The average Bonchev–Trinajstić information content (AvgIpc) is 2.44. The van der Waals surface area contributed by atoms with Gasteiger partial charge in [0.15, 0.2) is 5.11 Å². The maximum Gasteiger partial charge on any atom is 0.166 e. The molecule has 0 radical (unpaired) electrons. The van der Waals surface area contributed by atoms with Crippen LogP contribution in [-0.2, 0) is 0 Å². The Balaban J connectivity index is 2.21. The highest BCUT2D eigenvalue weighted by Crippen LogP contribution is 2.33. The smallest absolute Gasteiger partial charge is 0.166 e. The zero-order valence-electron chi connectivity index (χ0n) is 7.40. The van der Waals surface area contributed by atoms with E-state index >= 15 is 0 Å². The molecule has 1 aliphatic carbocycles. The van der Waals surface area contributed by atoms with E-state index in [4.69, 9.17) is 12.2 Å². The van der Waals surface area contributed by atoms with E-state index in [0.717, 1.165) is 5.11 Å². The molecule has 2 nitrogen and oxygen atoms in total. The van der Waals surface area contributed by atoms with Gasteiger partial charge in [-0.3, -0.25) is 0 Å². The second kappa shape index (κ2) is 2.97. The van der Waals surface area contributed by atoms with Gasteiger partial charge in [0.1, 0.15) is 0 Å². The summed E-state index contributed by atoms with van der Waals surface area (Å²) in [5, 5.41) is 7.23. The van der Waals surface area contributed by atoms with Gasteiger partial charge < -0.3 is 10.6 Å². The molecule has 1 fully saturated rings. The molecule has 1 rings (SSSR count). The SMILES string of the molecule is CC(C)NC(=S)NC1(C)CC1. The molecule has 0 heterocycles. The lowest BCUT2D eigenvalue weighted by Gasteiger charge is -2.17. The van der Waals surface area contributed by atoms with Gasteiger partial charge in [-0.05, 0) is 45.8 Å². The molecule has 2 N–H and O–H groups in total. The van der Waals surface area contributed by atoms with Gasteiger partial charge in [-0.2, -0.15) is 0 Å². The molecule has 64 valence electrons. The first-order chi connectivity index (χ1) is 5.02.